The van der Waals surface area contributed by atoms with Gasteiger partial charge in [-0.1, -0.05) is 31.2 Å². The van der Waals surface area contributed by atoms with E-state index in [0.717, 1.165) is 6.42 Å². The average molecular weight is 262 g/mol. The summed E-state index contributed by atoms with van der Waals surface area (Å²) < 4.78 is 0. The lowest BCUT2D eigenvalue weighted by Gasteiger charge is -2.27. The number of benzene rings is 1. The van der Waals surface area contributed by atoms with E-state index in [4.69, 9.17) is 5.11 Å². The second-order valence-electron chi connectivity index (χ2n) is 5.45. The second kappa shape index (κ2) is 5.61. The first kappa shape index (κ1) is 13.9. The molecule has 0 spiro atoms. The van der Waals surface area contributed by atoms with Gasteiger partial charge in [0.15, 0.2) is 0 Å². The molecule has 0 saturated carbocycles. The number of nitrogens with zero attached hydrogens (tertiary/aromatic N) is 1. The van der Waals surface area contributed by atoms with Crippen molar-refractivity contribution in [3.8, 4) is 0 Å². The summed E-state index contributed by atoms with van der Waals surface area (Å²) in [4.78, 5) is 13.7. The predicted molar refractivity (Wildman–Crippen MR) is 74.9 cm³/mol. The van der Waals surface area contributed by atoms with Crippen LogP contribution >= 0.6 is 0 Å². The molecule has 2 amide bonds. The Morgan fingerprint density at radius 2 is 2.21 bits per heavy atom. The van der Waals surface area contributed by atoms with Gasteiger partial charge in [-0.05, 0) is 30.4 Å². The Labute approximate surface area is 114 Å². The molecular formula is C15H22N2O2. The fourth-order valence-electron chi connectivity index (χ4n) is 2.57. The number of hydrogen-bond donors (Lipinski definition) is 2. The highest BCUT2D eigenvalue weighted by Gasteiger charge is 2.31. The number of aliphatic hydroxyl groups excluding tert-OH is 1. The smallest absolute Gasteiger partial charge is 0.317 e. The summed E-state index contributed by atoms with van der Waals surface area (Å²) in [5, 5.41) is 12.2. The Morgan fingerprint density at radius 3 is 2.89 bits per heavy atom. The van der Waals surface area contributed by atoms with E-state index >= 15 is 0 Å². The van der Waals surface area contributed by atoms with Gasteiger partial charge in [0.2, 0.25) is 0 Å². The summed E-state index contributed by atoms with van der Waals surface area (Å²) >= 11 is 0. The minimum Gasteiger partial charge on any atom is -0.394 e. The van der Waals surface area contributed by atoms with Gasteiger partial charge in [-0.3, -0.25) is 0 Å². The van der Waals surface area contributed by atoms with Crippen molar-refractivity contribution < 1.29 is 9.90 Å². The van der Waals surface area contributed by atoms with E-state index < -0.39 is 0 Å². The van der Waals surface area contributed by atoms with Crippen LogP contribution in [0.25, 0.3) is 0 Å². The molecule has 3 atom stereocenters. The van der Waals surface area contributed by atoms with E-state index in [2.05, 4.69) is 24.4 Å². The maximum atomic E-state index is 12.2. The van der Waals surface area contributed by atoms with Crippen LogP contribution in [0, 0.1) is 5.92 Å². The first-order chi connectivity index (χ1) is 9.04. The molecule has 0 aliphatic heterocycles. The maximum absolute atomic E-state index is 12.2. The zero-order valence-corrected chi connectivity index (χ0v) is 11.8. The van der Waals surface area contributed by atoms with Crippen molar-refractivity contribution in [2.24, 2.45) is 5.92 Å². The van der Waals surface area contributed by atoms with E-state index in [1.165, 1.54) is 11.1 Å². The number of carbonyl (C=O) groups excluding carboxylic acids is 1. The first-order valence-electron chi connectivity index (χ1n) is 6.76. The number of fused-ring (bicyclic) bond motifs is 1. The highest BCUT2D eigenvalue weighted by Crippen LogP contribution is 2.35. The maximum Gasteiger partial charge on any atom is 0.317 e. The summed E-state index contributed by atoms with van der Waals surface area (Å²) in [6.45, 7) is 3.95. The van der Waals surface area contributed by atoms with Gasteiger partial charge in [0.25, 0.3) is 0 Å². The molecule has 4 nitrogen and oxygen atoms in total. The van der Waals surface area contributed by atoms with E-state index in [-0.39, 0.29) is 24.7 Å². The van der Waals surface area contributed by atoms with Crippen molar-refractivity contribution in [3.63, 3.8) is 0 Å². The standard InChI is InChI=1S/C15H22N2O2/c1-10-8-12-6-4-5-7-13(12)14(10)16-15(19)17(3)11(2)9-18/h4-7,10-11,14,18H,8-9H2,1-3H3,(H,16,19). The molecule has 1 aromatic rings. The summed E-state index contributed by atoms with van der Waals surface area (Å²) in [5.41, 5.74) is 2.53. The Bertz CT molecular complexity index is 461. The average Bonchev–Trinajstić information content (AvgIpc) is 2.73. The van der Waals surface area contributed by atoms with Crippen LogP contribution in [-0.2, 0) is 6.42 Å². The number of amides is 2. The number of likely N-dealkylation sites (N-methyl/N-ethyl adjacent to an activating group) is 1. The normalized spacial score (nSPS) is 22.7. The molecule has 1 aliphatic carbocycles. The van der Waals surface area contributed by atoms with Crippen LogP contribution in [0.1, 0.15) is 31.0 Å². The molecule has 0 aromatic heterocycles. The van der Waals surface area contributed by atoms with Crippen LogP contribution in [0.15, 0.2) is 24.3 Å². The van der Waals surface area contributed by atoms with Crippen molar-refractivity contribution in [1.82, 2.24) is 10.2 Å². The molecular weight excluding hydrogens is 240 g/mol. The van der Waals surface area contributed by atoms with Gasteiger partial charge in [0, 0.05) is 7.05 Å². The largest absolute Gasteiger partial charge is 0.394 e. The molecule has 0 fully saturated rings. The van der Waals surface area contributed by atoms with E-state index in [9.17, 15) is 4.79 Å². The summed E-state index contributed by atoms with van der Waals surface area (Å²) in [6.07, 6.45) is 1.00. The van der Waals surface area contributed by atoms with Crippen molar-refractivity contribution in [2.75, 3.05) is 13.7 Å². The fourth-order valence-corrected chi connectivity index (χ4v) is 2.57. The molecule has 0 bridgehead atoms. The van der Waals surface area contributed by atoms with Crippen molar-refractivity contribution in [3.05, 3.63) is 35.4 Å². The summed E-state index contributed by atoms with van der Waals surface area (Å²) in [6, 6.07) is 8.02. The molecule has 104 valence electrons. The third kappa shape index (κ3) is 2.73. The lowest BCUT2D eigenvalue weighted by Crippen LogP contribution is -2.45. The van der Waals surface area contributed by atoms with E-state index in [0.29, 0.717) is 5.92 Å². The van der Waals surface area contributed by atoms with Crippen LogP contribution in [-0.4, -0.2) is 35.7 Å². The quantitative estimate of drug-likeness (QED) is 0.874. The van der Waals surface area contributed by atoms with Gasteiger partial charge in [-0.2, -0.15) is 0 Å². The summed E-state index contributed by atoms with van der Waals surface area (Å²) in [7, 11) is 1.71. The zero-order valence-electron chi connectivity index (χ0n) is 11.8. The number of urea groups is 1. The minimum absolute atomic E-state index is 0.0271. The van der Waals surface area contributed by atoms with Crippen molar-refractivity contribution in [1.29, 1.82) is 0 Å². The van der Waals surface area contributed by atoms with Crippen molar-refractivity contribution >= 4 is 6.03 Å². The number of aliphatic hydroxyl groups is 1. The zero-order chi connectivity index (χ0) is 14.0. The van der Waals surface area contributed by atoms with Gasteiger partial charge < -0.3 is 15.3 Å². The fraction of sp³-hybridized carbons (Fsp3) is 0.533. The molecule has 2 rings (SSSR count). The Morgan fingerprint density at radius 1 is 1.53 bits per heavy atom. The minimum atomic E-state index is -0.174. The molecule has 0 saturated heterocycles. The third-order valence-electron chi connectivity index (χ3n) is 4.03. The third-order valence-corrected chi connectivity index (χ3v) is 4.03. The Balaban J connectivity index is 2.09. The molecule has 4 heteroatoms. The highest BCUT2D eigenvalue weighted by molar-refractivity contribution is 5.75. The van der Waals surface area contributed by atoms with Crippen molar-refractivity contribution in [2.45, 2.75) is 32.4 Å². The molecule has 1 aliphatic rings. The molecule has 19 heavy (non-hydrogen) atoms. The Kier molecular flexibility index (Phi) is 4.10. The predicted octanol–water partition coefficient (Wildman–Crippen LogP) is 1.94. The van der Waals surface area contributed by atoms with Gasteiger partial charge in [-0.25, -0.2) is 4.79 Å². The molecule has 0 heterocycles. The Hall–Kier alpha value is -1.55. The lowest BCUT2D eigenvalue weighted by molar-refractivity contribution is 0.153. The monoisotopic (exact) mass is 262 g/mol. The van der Waals surface area contributed by atoms with E-state index in [1.807, 2.05) is 19.1 Å². The number of hydrogen-bond acceptors (Lipinski definition) is 2. The summed E-state index contributed by atoms with van der Waals surface area (Å²) in [5.74, 6) is 0.402. The van der Waals surface area contributed by atoms with Gasteiger partial charge >= 0.3 is 6.03 Å². The molecule has 2 N–H and O–H groups in total. The van der Waals surface area contributed by atoms with Gasteiger partial charge in [0.05, 0.1) is 18.7 Å². The topological polar surface area (TPSA) is 52.6 Å². The van der Waals surface area contributed by atoms with Crippen LogP contribution in [0.5, 0.6) is 0 Å². The first-order valence-corrected chi connectivity index (χ1v) is 6.76. The number of rotatable bonds is 3. The van der Waals surface area contributed by atoms with Crippen LogP contribution in [0.3, 0.4) is 0 Å². The van der Waals surface area contributed by atoms with Crippen LogP contribution in [0.2, 0.25) is 0 Å². The van der Waals surface area contributed by atoms with Crippen LogP contribution in [0.4, 0.5) is 4.79 Å². The highest BCUT2D eigenvalue weighted by atomic mass is 16.3. The second-order valence-corrected chi connectivity index (χ2v) is 5.45. The SMILES string of the molecule is CC1Cc2ccccc2C1NC(=O)N(C)C(C)CO. The van der Waals surface area contributed by atoms with Crippen LogP contribution < -0.4 is 5.32 Å². The molecule has 1 aromatic carbocycles. The van der Waals surface area contributed by atoms with Gasteiger partial charge in [-0.15, -0.1) is 0 Å². The molecule has 0 radical (unpaired) electrons. The lowest BCUT2D eigenvalue weighted by atomic mass is 10.0. The number of carbonyl (C=O) groups is 1. The number of nitrogens with one attached hydrogen (secondary N) is 1. The molecule has 3 unspecified atom stereocenters. The van der Waals surface area contributed by atoms with Gasteiger partial charge in [0.1, 0.15) is 0 Å². The van der Waals surface area contributed by atoms with E-state index in [1.54, 1.807) is 11.9 Å².